The first-order valence-electron chi connectivity index (χ1n) is 8.76. The van der Waals surface area contributed by atoms with Crippen LogP contribution in [-0.4, -0.2) is 32.6 Å². The number of anilines is 1. The molecule has 2 amide bonds. The quantitative estimate of drug-likeness (QED) is 0.901. The number of amides is 2. The molecule has 2 saturated heterocycles. The molecular formula is C17H24N4O2. The highest BCUT2D eigenvalue weighted by atomic mass is 16.5. The lowest BCUT2D eigenvalue weighted by Crippen LogP contribution is -2.67. The molecule has 1 aromatic rings. The number of urea groups is 1. The largest absolute Gasteiger partial charge is 0.366 e. The van der Waals surface area contributed by atoms with Crippen LogP contribution in [0.3, 0.4) is 0 Å². The first-order chi connectivity index (χ1) is 10.9. The van der Waals surface area contributed by atoms with Gasteiger partial charge in [0, 0.05) is 32.0 Å². The highest BCUT2D eigenvalue weighted by Gasteiger charge is 2.75. The van der Waals surface area contributed by atoms with E-state index >= 15 is 0 Å². The van der Waals surface area contributed by atoms with Crippen molar-refractivity contribution in [1.29, 1.82) is 0 Å². The molecule has 5 fully saturated rings. The second-order valence-electron chi connectivity index (χ2n) is 8.29. The molecule has 23 heavy (non-hydrogen) atoms. The van der Waals surface area contributed by atoms with E-state index < -0.39 is 0 Å². The molecule has 6 heteroatoms. The molecule has 2 aliphatic heterocycles. The van der Waals surface area contributed by atoms with E-state index in [1.165, 1.54) is 19.3 Å². The molecule has 3 heterocycles. The molecule has 0 unspecified atom stereocenters. The molecule has 124 valence electrons. The number of nitrogens with zero attached hydrogens (tertiary/aromatic N) is 2. The van der Waals surface area contributed by atoms with Crippen LogP contribution in [-0.2, 0) is 11.8 Å². The fourth-order valence-corrected chi connectivity index (χ4v) is 5.10. The van der Waals surface area contributed by atoms with Gasteiger partial charge in [0.05, 0.1) is 28.1 Å². The molecule has 2 N–H and O–H groups in total. The van der Waals surface area contributed by atoms with E-state index in [-0.39, 0.29) is 22.8 Å². The number of carbonyl (C=O) groups is 1. The van der Waals surface area contributed by atoms with E-state index in [9.17, 15) is 4.79 Å². The number of nitrogens with one attached hydrogen (secondary N) is 2. The van der Waals surface area contributed by atoms with Crippen LogP contribution < -0.4 is 10.6 Å². The van der Waals surface area contributed by atoms with Gasteiger partial charge in [-0.1, -0.05) is 0 Å². The zero-order valence-electron chi connectivity index (χ0n) is 13.8. The number of aryl methyl sites for hydroxylation is 1. The van der Waals surface area contributed by atoms with Gasteiger partial charge in [0.15, 0.2) is 0 Å². The van der Waals surface area contributed by atoms with Gasteiger partial charge in [-0.3, -0.25) is 4.68 Å². The Morgan fingerprint density at radius 1 is 1.39 bits per heavy atom. The van der Waals surface area contributed by atoms with E-state index in [2.05, 4.69) is 22.7 Å². The van der Waals surface area contributed by atoms with Crippen LogP contribution in [0.4, 0.5) is 10.5 Å². The summed E-state index contributed by atoms with van der Waals surface area (Å²) in [5.41, 5.74) is 1.59. The number of hydrogen-bond donors (Lipinski definition) is 2. The molecule has 1 spiro atoms. The van der Waals surface area contributed by atoms with Gasteiger partial charge < -0.3 is 15.4 Å². The van der Waals surface area contributed by atoms with Crippen molar-refractivity contribution in [2.45, 2.75) is 74.5 Å². The topological polar surface area (TPSA) is 68.2 Å². The smallest absolute Gasteiger partial charge is 0.319 e. The second kappa shape index (κ2) is 4.09. The van der Waals surface area contributed by atoms with Crippen molar-refractivity contribution < 1.29 is 9.53 Å². The number of aromatic nitrogens is 2. The van der Waals surface area contributed by atoms with E-state index in [0.717, 1.165) is 37.1 Å². The van der Waals surface area contributed by atoms with Crippen molar-refractivity contribution in [1.82, 2.24) is 15.1 Å². The maximum Gasteiger partial charge on any atom is 0.319 e. The zero-order chi connectivity index (χ0) is 15.9. The molecule has 6 rings (SSSR count). The van der Waals surface area contributed by atoms with Crippen LogP contribution in [0.1, 0.15) is 63.5 Å². The molecular weight excluding hydrogens is 292 g/mol. The van der Waals surface area contributed by atoms with Gasteiger partial charge in [-0.2, -0.15) is 5.10 Å². The van der Waals surface area contributed by atoms with Crippen molar-refractivity contribution in [2.75, 3.05) is 5.32 Å². The third kappa shape index (κ3) is 1.84. The number of ether oxygens (including phenoxy) is 1. The lowest BCUT2D eigenvalue weighted by molar-refractivity contribution is -0.102. The van der Waals surface area contributed by atoms with E-state index in [4.69, 9.17) is 4.74 Å². The Morgan fingerprint density at radius 2 is 2.13 bits per heavy atom. The van der Waals surface area contributed by atoms with Crippen molar-refractivity contribution in [3.05, 3.63) is 11.9 Å². The molecule has 0 radical (unpaired) electrons. The maximum atomic E-state index is 12.6. The van der Waals surface area contributed by atoms with Crippen LogP contribution >= 0.6 is 0 Å². The maximum absolute atomic E-state index is 12.6. The van der Waals surface area contributed by atoms with Crippen molar-refractivity contribution in [3.63, 3.8) is 0 Å². The third-order valence-corrected chi connectivity index (χ3v) is 6.25. The summed E-state index contributed by atoms with van der Waals surface area (Å²) in [5.74, 6) is 0.518. The van der Waals surface area contributed by atoms with Gasteiger partial charge >= 0.3 is 6.03 Å². The first kappa shape index (κ1) is 13.8. The minimum atomic E-state index is -0.161. The minimum absolute atomic E-state index is 0.0266. The molecule has 6 nitrogen and oxygen atoms in total. The van der Waals surface area contributed by atoms with E-state index in [1.807, 2.05) is 13.2 Å². The Morgan fingerprint density at radius 3 is 2.74 bits per heavy atom. The molecule has 1 aromatic heterocycles. The summed E-state index contributed by atoms with van der Waals surface area (Å²) >= 11 is 0. The average molecular weight is 316 g/mol. The summed E-state index contributed by atoms with van der Waals surface area (Å²) in [6.07, 6.45) is 9.48. The average Bonchev–Trinajstić information content (AvgIpc) is 3.05. The first-order valence-corrected chi connectivity index (χ1v) is 8.76. The van der Waals surface area contributed by atoms with Gasteiger partial charge in [-0.25, -0.2) is 4.79 Å². The predicted octanol–water partition coefficient (Wildman–Crippen LogP) is 2.66. The summed E-state index contributed by atoms with van der Waals surface area (Å²) in [6, 6.07) is -0.112. The molecule has 0 atom stereocenters. The van der Waals surface area contributed by atoms with Crippen LogP contribution in [0.25, 0.3) is 0 Å². The summed E-state index contributed by atoms with van der Waals surface area (Å²) in [4.78, 5) is 12.6. The standard InChI is InChI=1S/C17H24N4O2/c1-15-9-16(10-15,17(23-15)6-3-7-17)19-14(22)18-12-8-21(2)20-13(12)11-4-5-11/h8,11H,3-7,9-10H2,1-2H3,(H2,18,19,22). The van der Waals surface area contributed by atoms with Crippen LogP contribution in [0.5, 0.6) is 0 Å². The normalized spacial score (nSPS) is 36.4. The van der Waals surface area contributed by atoms with Crippen molar-refractivity contribution >= 4 is 11.7 Å². The molecule has 5 aliphatic rings. The Balaban J connectivity index is 1.33. The monoisotopic (exact) mass is 316 g/mol. The van der Waals surface area contributed by atoms with Gasteiger partial charge in [-0.05, 0) is 39.0 Å². The summed E-state index contributed by atoms with van der Waals surface area (Å²) in [5, 5.41) is 10.8. The second-order valence-corrected chi connectivity index (χ2v) is 8.29. The van der Waals surface area contributed by atoms with Crippen molar-refractivity contribution in [3.8, 4) is 0 Å². The molecule has 0 aromatic carbocycles. The lowest BCUT2D eigenvalue weighted by Gasteiger charge is -2.51. The summed E-state index contributed by atoms with van der Waals surface area (Å²) < 4.78 is 8.10. The van der Waals surface area contributed by atoms with Crippen LogP contribution in [0.15, 0.2) is 6.20 Å². The van der Waals surface area contributed by atoms with Crippen LogP contribution in [0.2, 0.25) is 0 Å². The van der Waals surface area contributed by atoms with Gasteiger partial charge in [-0.15, -0.1) is 0 Å². The van der Waals surface area contributed by atoms with Gasteiger partial charge in [0.1, 0.15) is 0 Å². The van der Waals surface area contributed by atoms with E-state index in [0.29, 0.717) is 5.92 Å². The van der Waals surface area contributed by atoms with Crippen molar-refractivity contribution in [2.24, 2.45) is 7.05 Å². The fourth-order valence-electron chi connectivity index (χ4n) is 5.10. The Labute approximate surface area is 135 Å². The Kier molecular flexibility index (Phi) is 2.46. The Bertz CT molecular complexity index is 681. The summed E-state index contributed by atoms with van der Waals surface area (Å²) in [7, 11) is 1.90. The lowest BCUT2D eigenvalue weighted by atomic mass is 9.57. The van der Waals surface area contributed by atoms with Gasteiger partial charge in [0.2, 0.25) is 0 Å². The third-order valence-electron chi connectivity index (χ3n) is 6.25. The highest BCUT2D eigenvalue weighted by Crippen LogP contribution is 2.66. The SMILES string of the molecule is Cn1cc(NC(=O)NC23CC(C)(C2)OC32CCC2)c(C2CC2)n1. The fraction of sp³-hybridized carbons (Fsp3) is 0.765. The predicted molar refractivity (Wildman–Crippen MR) is 85.4 cm³/mol. The highest BCUT2D eigenvalue weighted by molar-refractivity contribution is 5.90. The Hall–Kier alpha value is -1.56. The zero-order valence-corrected chi connectivity index (χ0v) is 13.8. The number of hydrogen-bond acceptors (Lipinski definition) is 3. The van der Waals surface area contributed by atoms with Crippen LogP contribution in [0, 0.1) is 0 Å². The molecule has 3 aliphatic carbocycles. The molecule has 3 saturated carbocycles. The van der Waals surface area contributed by atoms with Gasteiger partial charge in [0.25, 0.3) is 0 Å². The van der Waals surface area contributed by atoms with E-state index in [1.54, 1.807) is 4.68 Å². The molecule has 2 bridgehead atoms. The number of rotatable bonds is 3. The minimum Gasteiger partial charge on any atom is -0.366 e. The summed E-state index contributed by atoms with van der Waals surface area (Å²) in [6.45, 7) is 2.17. The number of carbonyl (C=O) groups excluding carboxylic acids is 1.